The molecule has 1 aromatic rings. The van der Waals surface area contributed by atoms with Gasteiger partial charge in [-0.3, -0.25) is 4.79 Å². The number of hydrogen-bond acceptors (Lipinski definition) is 4. The fourth-order valence-electron chi connectivity index (χ4n) is 1.50. The quantitative estimate of drug-likeness (QED) is 0.789. The Hall–Kier alpha value is -0.940. The number of nitrogens with one attached hydrogen (secondary N) is 2. The molecule has 4 nitrogen and oxygen atoms in total. The van der Waals surface area contributed by atoms with Gasteiger partial charge in [-0.15, -0.1) is 11.3 Å². The topological polar surface area (TPSA) is 54.0 Å². The Balaban J connectivity index is 2.34. The van der Waals surface area contributed by atoms with E-state index in [9.17, 15) is 4.79 Å². The van der Waals surface area contributed by atoms with Gasteiger partial charge in [-0.25, -0.2) is 4.98 Å². The van der Waals surface area contributed by atoms with Crippen molar-refractivity contribution in [1.29, 1.82) is 0 Å². The highest BCUT2D eigenvalue weighted by atomic mass is 32.1. The van der Waals surface area contributed by atoms with Crippen LogP contribution in [0.3, 0.4) is 0 Å². The molecule has 1 rings (SSSR count). The Labute approximate surface area is 120 Å². The van der Waals surface area contributed by atoms with Gasteiger partial charge >= 0.3 is 0 Å². The van der Waals surface area contributed by atoms with Crippen LogP contribution in [0.25, 0.3) is 0 Å². The van der Waals surface area contributed by atoms with Crippen LogP contribution in [-0.2, 0) is 10.2 Å². The van der Waals surface area contributed by atoms with Crippen LogP contribution in [0.4, 0.5) is 5.13 Å². The maximum Gasteiger partial charge on any atom is 0.226 e. The van der Waals surface area contributed by atoms with Crippen molar-refractivity contribution in [3.63, 3.8) is 0 Å². The maximum atomic E-state index is 11.7. The Morgan fingerprint density at radius 3 is 2.63 bits per heavy atom. The molecule has 0 radical (unpaired) electrons. The number of thiazole rings is 1. The summed E-state index contributed by atoms with van der Waals surface area (Å²) in [6.07, 6.45) is 1.38. The van der Waals surface area contributed by atoms with E-state index in [0.717, 1.165) is 18.7 Å². The number of aromatic nitrogens is 1. The maximum absolute atomic E-state index is 11.7. The molecule has 0 unspecified atom stereocenters. The third-order valence-corrected chi connectivity index (χ3v) is 3.41. The van der Waals surface area contributed by atoms with Gasteiger partial charge in [0, 0.05) is 23.3 Å². The summed E-state index contributed by atoms with van der Waals surface area (Å²) in [5.74, 6) is 0.0420. The Bertz CT molecular complexity index is 407. The zero-order valence-electron chi connectivity index (χ0n) is 12.5. The number of anilines is 1. The molecule has 1 amide bonds. The predicted molar refractivity (Wildman–Crippen MR) is 81.8 cm³/mol. The van der Waals surface area contributed by atoms with Crippen molar-refractivity contribution in [3.8, 4) is 0 Å². The van der Waals surface area contributed by atoms with E-state index in [2.05, 4.69) is 50.2 Å². The monoisotopic (exact) mass is 283 g/mol. The Kier molecular flexibility index (Phi) is 5.94. The first-order chi connectivity index (χ1) is 8.79. The molecule has 0 saturated carbocycles. The third-order valence-electron chi connectivity index (χ3n) is 2.65. The average Bonchev–Trinajstić information content (AvgIpc) is 2.72. The molecule has 0 aliphatic rings. The van der Waals surface area contributed by atoms with Crippen molar-refractivity contribution < 1.29 is 4.79 Å². The second kappa shape index (κ2) is 7.01. The minimum absolute atomic E-state index is 0.0284. The summed E-state index contributed by atoms with van der Waals surface area (Å²) in [6, 6.07) is 0.469. The molecule has 1 aromatic heterocycles. The van der Waals surface area contributed by atoms with E-state index in [-0.39, 0.29) is 11.3 Å². The highest BCUT2D eigenvalue weighted by Gasteiger charge is 2.17. The predicted octanol–water partition coefficient (Wildman–Crippen LogP) is 3.16. The molecule has 108 valence electrons. The zero-order chi connectivity index (χ0) is 14.5. The molecule has 0 bridgehead atoms. The fourth-order valence-corrected chi connectivity index (χ4v) is 2.45. The molecule has 19 heavy (non-hydrogen) atoms. The lowest BCUT2D eigenvalue weighted by molar-refractivity contribution is -0.116. The molecule has 0 spiro atoms. The van der Waals surface area contributed by atoms with E-state index >= 15 is 0 Å². The van der Waals surface area contributed by atoms with Crippen LogP contribution in [0.15, 0.2) is 5.38 Å². The highest BCUT2D eigenvalue weighted by molar-refractivity contribution is 7.13. The van der Waals surface area contributed by atoms with Crippen LogP contribution in [0.5, 0.6) is 0 Å². The third kappa shape index (κ3) is 6.16. The largest absolute Gasteiger partial charge is 0.315 e. The first-order valence-corrected chi connectivity index (χ1v) is 7.66. The Morgan fingerprint density at radius 1 is 1.42 bits per heavy atom. The molecule has 5 heteroatoms. The lowest BCUT2D eigenvalue weighted by atomic mass is 9.93. The minimum atomic E-state index is 0.0284. The van der Waals surface area contributed by atoms with Gasteiger partial charge in [-0.2, -0.15) is 0 Å². The number of nitrogens with zero attached hydrogens (tertiary/aromatic N) is 1. The van der Waals surface area contributed by atoms with E-state index in [1.807, 2.05) is 5.38 Å². The van der Waals surface area contributed by atoms with Crippen LogP contribution in [0.1, 0.15) is 53.2 Å². The Morgan fingerprint density at radius 2 is 2.11 bits per heavy atom. The molecule has 0 aromatic carbocycles. The summed E-state index contributed by atoms with van der Waals surface area (Å²) < 4.78 is 0. The minimum Gasteiger partial charge on any atom is -0.315 e. The first kappa shape index (κ1) is 16.1. The van der Waals surface area contributed by atoms with Crippen LogP contribution in [0.2, 0.25) is 0 Å². The second-order valence-electron chi connectivity index (χ2n) is 6.05. The van der Waals surface area contributed by atoms with E-state index in [1.54, 1.807) is 0 Å². The molecule has 1 heterocycles. The van der Waals surface area contributed by atoms with E-state index < -0.39 is 0 Å². The van der Waals surface area contributed by atoms with Crippen LogP contribution < -0.4 is 10.6 Å². The van der Waals surface area contributed by atoms with Crippen LogP contribution in [0, 0.1) is 0 Å². The highest BCUT2D eigenvalue weighted by Crippen LogP contribution is 2.26. The summed E-state index contributed by atoms with van der Waals surface area (Å²) in [4.78, 5) is 16.2. The summed E-state index contributed by atoms with van der Waals surface area (Å²) in [5.41, 5.74) is 1.05. The standard InChI is InChI=1S/C14H25N3OS/c1-10(2)15-8-6-7-12(18)17-13-16-11(9-19-13)14(3,4)5/h9-10,15H,6-8H2,1-5H3,(H,16,17,18). The van der Waals surface area contributed by atoms with E-state index in [1.165, 1.54) is 11.3 Å². The lowest BCUT2D eigenvalue weighted by Gasteiger charge is -2.14. The van der Waals surface area contributed by atoms with Crippen molar-refractivity contribution in [2.75, 3.05) is 11.9 Å². The van der Waals surface area contributed by atoms with Gasteiger partial charge in [0.25, 0.3) is 0 Å². The van der Waals surface area contributed by atoms with Crippen LogP contribution >= 0.6 is 11.3 Å². The summed E-state index contributed by atoms with van der Waals surface area (Å²) >= 11 is 1.49. The van der Waals surface area contributed by atoms with Crippen molar-refractivity contribution in [2.24, 2.45) is 0 Å². The molecule has 0 fully saturated rings. The zero-order valence-corrected chi connectivity index (χ0v) is 13.4. The molecule has 0 aliphatic heterocycles. The number of carbonyl (C=O) groups is 1. The molecule has 2 N–H and O–H groups in total. The number of hydrogen-bond donors (Lipinski definition) is 2. The van der Waals surface area contributed by atoms with Gasteiger partial charge in [-0.1, -0.05) is 34.6 Å². The van der Waals surface area contributed by atoms with Gasteiger partial charge in [0.05, 0.1) is 5.69 Å². The number of carbonyl (C=O) groups excluding carboxylic acids is 1. The molecular weight excluding hydrogens is 258 g/mol. The first-order valence-electron chi connectivity index (χ1n) is 6.78. The van der Waals surface area contributed by atoms with Gasteiger partial charge in [0.2, 0.25) is 5.91 Å². The average molecular weight is 283 g/mol. The molecule has 0 saturated heterocycles. The lowest BCUT2D eigenvalue weighted by Crippen LogP contribution is -2.24. The summed E-state index contributed by atoms with van der Waals surface area (Å²) in [5, 5.41) is 8.87. The number of rotatable bonds is 6. The summed E-state index contributed by atoms with van der Waals surface area (Å²) in [7, 11) is 0. The molecule has 0 atom stereocenters. The second-order valence-corrected chi connectivity index (χ2v) is 6.91. The fraction of sp³-hybridized carbons (Fsp3) is 0.714. The smallest absolute Gasteiger partial charge is 0.226 e. The van der Waals surface area contributed by atoms with E-state index in [4.69, 9.17) is 0 Å². The van der Waals surface area contributed by atoms with Gasteiger partial charge in [0.15, 0.2) is 5.13 Å². The van der Waals surface area contributed by atoms with Crippen molar-refractivity contribution in [3.05, 3.63) is 11.1 Å². The normalized spacial score (nSPS) is 11.9. The van der Waals surface area contributed by atoms with Gasteiger partial charge in [0.1, 0.15) is 0 Å². The van der Waals surface area contributed by atoms with Gasteiger partial charge < -0.3 is 10.6 Å². The van der Waals surface area contributed by atoms with Crippen molar-refractivity contribution >= 4 is 22.4 Å². The molecule has 0 aliphatic carbocycles. The van der Waals surface area contributed by atoms with Crippen molar-refractivity contribution in [2.45, 2.75) is 58.9 Å². The number of amides is 1. The van der Waals surface area contributed by atoms with E-state index in [0.29, 0.717) is 17.6 Å². The summed E-state index contributed by atoms with van der Waals surface area (Å²) in [6.45, 7) is 11.4. The van der Waals surface area contributed by atoms with Crippen molar-refractivity contribution in [1.82, 2.24) is 10.3 Å². The van der Waals surface area contributed by atoms with Gasteiger partial charge in [-0.05, 0) is 13.0 Å². The van der Waals surface area contributed by atoms with Crippen LogP contribution in [-0.4, -0.2) is 23.5 Å². The SMILES string of the molecule is CC(C)NCCCC(=O)Nc1nc(C(C)(C)C)cs1. The molecular formula is C14H25N3OS.